The molecule has 86 valence electrons. The Morgan fingerprint density at radius 1 is 1.53 bits per heavy atom. The first-order chi connectivity index (χ1) is 6.81. The van der Waals surface area contributed by atoms with Crippen LogP contribution >= 0.6 is 0 Å². The smallest absolute Gasteiger partial charge is 0.410 e. The van der Waals surface area contributed by atoms with Crippen molar-refractivity contribution in [2.75, 3.05) is 6.54 Å². The minimum Gasteiger partial charge on any atom is -0.444 e. The van der Waals surface area contributed by atoms with Gasteiger partial charge in [0.05, 0.1) is 12.1 Å². The standard InChI is InChI=1S/C11H19NO3/c1-8-9(13)6-5-7-12(8)10(14)15-11(2,3)4/h5-6,8-9,13H,7H2,1-4H3/t8-,9+/m0/s1. The maximum absolute atomic E-state index is 11.7. The number of hydrogen-bond acceptors (Lipinski definition) is 3. The van der Waals surface area contributed by atoms with E-state index < -0.39 is 11.7 Å². The number of ether oxygens (including phenoxy) is 1. The Morgan fingerprint density at radius 2 is 2.13 bits per heavy atom. The van der Waals surface area contributed by atoms with E-state index in [-0.39, 0.29) is 12.1 Å². The van der Waals surface area contributed by atoms with Crippen molar-refractivity contribution in [3.8, 4) is 0 Å². The highest BCUT2D eigenvalue weighted by molar-refractivity contribution is 5.69. The van der Waals surface area contributed by atoms with Crippen LogP contribution in [0.5, 0.6) is 0 Å². The summed E-state index contributed by atoms with van der Waals surface area (Å²) < 4.78 is 5.24. The highest BCUT2D eigenvalue weighted by Crippen LogP contribution is 2.16. The molecule has 0 saturated heterocycles. The summed E-state index contributed by atoms with van der Waals surface area (Å²) in [6.07, 6.45) is 2.49. The number of carbonyl (C=O) groups excluding carboxylic acids is 1. The number of carbonyl (C=O) groups is 1. The lowest BCUT2D eigenvalue weighted by Gasteiger charge is -2.34. The Bertz CT molecular complexity index is 267. The van der Waals surface area contributed by atoms with Crippen molar-refractivity contribution in [2.45, 2.75) is 45.4 Å². The van der Waals surface area contributed by atoms with Gasteiger partial charge < -0.3 is 9.84 Å². The van der Waals surface area contributed by atoms with Gasteiger partial charge in [0.25, 0.3) is 0 Å². The third-order valence-corrected chi connectivity index (χ3v) is 2.25. The van der Waals surface area contributed by atoms with Gasteiger partial charge >= 0.3 is 6.09 Å². The molecule has 0 radical (unpaired) electrons. The first-order valence-electron chi connectivity index (χ1n) is 5.15. The normalized spacial score (nSPS) is 26.6. The second-order valence-corrected chi connectivity index (χ2v) is 4.79. The van der Waals surface area contributed by atoms with E-state index in [0.29, 0.717) is 6.54 Å². The van der Waals surface area contributed by atoms with Crippen LogP contribution in [0.4, 0.5) is 4.79 Å². The molecule has 4 nitrogen and oxygen atoms in total. The summed E-state index contributed by atoms with van der Waals surface area (Å²) in [5.74, 6) is 0. The van der Waals surface area contributed by atoms with E-state index in [2.05, 4.69) is 0 Å². The molecule has 1 aliphatic heterocycles. The fourth-order valence-electron chi connectivity index (χ4n) is 1.39. The van der Waals surface area contributed by atoms with Gasteiger partial charge in [-0.05, 0) is 27.7 Å². The molecule has 1 heterocycles. The molecule has 0 aromatic heterocycles. The predicted octanol–water partition coefficient (Wildman–Crippen LogP) is 1.54. The fraction of sp³-hybridized carbons (Fsp3) is 0.727. The van der Waals surface area contributed by atoms with Crippen LogP contribution in [-0.2, 0) is 4.74 Å². The van der Waals surface area contributed by atoms with Gasteiger partial charge in [-0.2, -0.15) is 0 Å². The van der Waals surface area contributed by atoms with E-state index in [9.17, 15) is 9.90 Å². The van der Waals surface area contributed by atoms with Gasteiger partial charge in [-0.15, -0.1) is 0 Å². The number of aliphatic hydroxyl groups excluding tert-OH is 1. The molecular formula is C11H19NO3. The lowest BCUT2D eigenvalue weighted by atomic mass is 10.1. The monoisotopic (exact) mass is 213 g/mol. The lowest BCUT2D eigenvalue weighted by Crippen LogP contribution is -2.48. The van der Waals surface area contributed by atoms with Crippen molar-refractivity contribution in [1.82, 2.24) is 4.90 Å². The molecule has 0 fully saturated rings. The van der Waals surface area contributed by atoms with Gasteiger partial charge in [0.1, 0.15) is 5.60 Å². The first kappa shape index (κ1) is 12.0. The van der Waals surface area contributed by atoms with Crippen molar-refractivity contribution >= 4 is 6.09 Å². The predicted molar refractivity (Wildman–Crippen MR) is 57.5 cm³/mol. The van der Waals surface area contributed by atoms with Crippen LogP contribution in [0.25, 0.3) is 0 Å². The van der Waals surface area contributed by atoms with Gasteiger partial charge in [-0.25, -0.2) is 4.79 Å². The quantitative estimate of drug-likeness (QED) is 0.621. The van der Waals surface area contributed by atoms with Crippen molar-refractivity contribution in [3.05, 3.63) is 12.2 Å². The summed E-state index contributed by atoms with van der Waals surface area (Å²) in [6, 6.07) is -0.232. The largest absolute Gasteiger partial charge is 0.444 e. The molecule has 0 saturated carbocycles. The molecule has 0 bridgehead atoms. The topological polar surface area (TPSA) is 49.8 Å². The molecule has 0 aromatic carbocycles. The van der Waals surface area contributed by atoms with Gasteiger partial charge in [-0.3, -0.25) is 4.90 Å². The molecule has 0 unspecified atom stereocenters. The summed E-state index contributed by atoms with van der Waals surface area (Å²) >= 11 is 0. The zero-order valence-electron chi connectivity index (χ0n) is 9.73. The van der Waals surface area contributed by atoms with Crippen LogP contribution in [0.2, 0.25) is 0 Å². The molecule has 1 rings (SSSR count). The SMILES string of the molecule is C[C@H]1[C@H](O)C=CCN1C(=O)OC(C)(C)C. The second kappa shape index (κ2) is 4.23. The molecule has 4 heteroatoms. The summed E-state index contributed by atoms with van der Waals surface area (Å²) in [4.78, 5) is 13.3. The number of nitrogens with zero attached hydrogens (tertiary/aromatic N) is 1. The minimum atomic E-state index is -0.605. The van der Waals surface area contributed by atoms with Gasteiger partial charge in [-0.1, -0.05) is 12.2 Å². The summed E-state index contributed by atoms with van der Waals surface area (Å²) in [5, 5.41) is 9.56. The molecule has 15 heavy (non-hydrogen) atoms. The van der Waals surface area contributed by atoms with Gasteiger partial charge in [0, 0.05) is 6.54 Å². The number of aliphatic hydroxyl groups is 1. The molecule has 1 N–H and O–H groups in total. The average Bonchev–Trinajstić information content (AvgIpc) is 2.06. The highest BCUT2D eigenvalue weighted by Gasteiger charge is 2.30. The summed E-state index contributed by atoms with van der Waals surface area (Å²) in [6.45, 7) is 7.77. The van der Waals surface area contributed by atoms with Gasteiger partial charge in [0.2, 0.25) is 0 Å². The van der Waals surface area contributed by atoms with Crippen molar-refractivity contribution in [1.29, 1.82) is 0 Å². The van der Waals surface area contributed by atoms with E-state index in [1.54, 1.807) is 19.1 Å². The van der Waals surface area contributed by atoms with Crippen LogP contribution in [-0.4, -0.2) is 40.4 Å². The fourth-order valence-corrected chi connectivity index (χ4v) is 1.39. The zero-order valence-corrected chi connectivity index (χ0v) is 9.73. The van der Waals surface area contributed by atoms with Crippen molar-refractivity contribution < 1.29 is 14.6 Å². The second-order valence-electron chi connectivity index (χ2n) is 4.79. The maximum Gasteiger partial charge on any atom is 0.410 e. The highest BCUT2D eigenvalue weighted by atomic mass is 16.6. The summed E-state index contributed by atoms with van der Waals surface area (Å²) in [5.41, 5.74) is -0.497. The van der Waals surface area contributed by atoms with Gasteiger partial charge in [0.15, 0.2) is 0 Å². The molecule has 0 spiro atoms. The van der Waals surface area contributed by atoms with E-state index in [0.717, 1.165) is 0 Å². The minimum absolute atomic E-state index is 0.232. The molecular weight excluding hydrogens is 194 g/mol. The van der Waals surface area contributed by atoms with Crippen LogP contribution in [0, 0.1) is 0 Å². The number of hydrogen-bond donors (Lipinski definition) is 1. The zero-order chi connectivity index (χ0) is 11.6. The molecule has 2 atom stereocenters. The summed E-state index contributed by atoms with van der Waals surface area (Å²) in [7, 11) is 0. The number of rotatable bonds is 0. The van der Waals surface area contributed by atoms with Crippen LogP contribution < -0.4 is 0 Å². The van der Waals surface area contributed by atoms with Crippen LogP contribution in [0.1, 0.15) is 27.7 Å². The molecule has 0 aliphatic carbocycles. The molecule has 1 aliphatic rings. The van der Waals surface area contributed by atoms with E-state index in [4.69, 9.17) is 4.74 Å². The van der Waals surface area contributed by atoms with Crippen molar-refractivity contribution in [3.63, 3.8) is 0 Å². The third kappa shape index (κ3) is 3.23. The Hall–Kier alpha value is -1.03. The number of amides is 1. The van der Waals surface area contributed by atoms with Crippen molar-refractivity contribution in [2.24, 2.45) is 0 Å². The average molecular weight is 213 g/mol. The first-order valence-corrected chi connectivity index (χ1v) is 5.15. The van der Waals surface area contributed by atoms with E-state index in [1.165, 1.54) is 4.90 Å². The maximum atomic E-state index is 11.7. The van der Waals surface area contributed by atoms with E-state index >= 15 is 0 Å². The Morgan fingerprint density at radius 3 is 2.67 bits per heavy atom. The third-order valence-electron chi connectivity index (χ3n) is 2.25. The molecule has 0 aromatic rings. The lowest BCUT2D eigenvalue weighted by molar-refractivity contribution is 0.00498. The Balaban J connectivity index is 2.64. The van der Waals surface area contributed by atoms with E-state index in [1.807, 2.05) is 20.8 Å². The Labute approximate surface area is 90.5 Å². The van der Waals surface area contributed by atoms with Crippen LogP contribution in [0.3, 0.4) is 0 Å². The molecule has 1 amide bonds. The van der Waals surface area contributed by atoms with Crippen LogP contribution in [0.15, 0.2) is 12.2 Å². The Kier molecular flexibility index (Phi) is 3.39.